The van der Waals surface area contributed by atoms with Crippen LogP contribution in [0.25, 0.3) is 0 Å². The molecule has 1 N–H and O–H groups in total. The highest BCUT2D eigenvalue weighted by atomic mass is 35.5. The molecule has 120 valence electrons. The van der Waals surface area contributed by atoms with E-state index in [1.54, 1.807) is 25.3 Å². The zero-order valence-electron chi connectivity index (χ0n) is 13.0. The first kappa shape index (κ1) is 15.7. The molecular formula is C18H19ClN2O2. The van der Waals surface area contributed by atoms with Gasteiger partial charge in [0.05, 0.1) is 23.5 Å². The summed E-state index contributed by atoms with van der Waals surface area (Å²) >= 11 is 6.37. The molecule has 0 saturated carbocycles. The summed E-state index contributed by atoms with van der Waals surface area (Å²) < 4.78 is 5.17. The molecule has 4 nitrogen and oxygen atoms in total. The van der Waals surface area contributed by atoms with Gasteiger partial charge in [0, 0.05) is 18.7 Å². The van der Waals surface area contributed by atoms with E-state index in [1.807, 2.05) is 24.3 Å². The standard InChI is InChI=1S/C18H19ClN2O2/c1-23-14-7-4-6-13(12-14)18(22)20-16-9-5-8-15(19)17(16)21-10-2-3-11-21/h4-9,12H,2-3,10-11H2,1H3,(H,20,22). The Morgan fingerprint density at radius 1 is 1.17 bits per heavy atom. The highest BCUT2D eigenvalue weighted by Crippen LogP contribution is 2.36. The van der Waals surface area contributed by atoms with Gasteiger partial charge in [0.25, 0.3) is 5.91 Å². The number of amides is 1. The number of nitrogens with one attached hydrogen (secondary N) is 1. The molecule has 3 rings (SSSR count). The van der Waals surface area contributed by atoms with Crippen molar-refractivity contribution in [1.82, 2.24) is 0 Å². The third kappa shape index (κ3) is 3.42. The Labute approximate surface area is 141 Å². The summed E-state index contributed by atoms with van der Waals surface area (Å²) in [7, 11) is 1.58. The predicted molar refractivity (Wildman–Crippen MR) is 93.8 cm³/mol. The Morgan fingerprint density at radius 3 is 2.65 bits per heavy atom. The fourth-order valence-corrected chi connectivity index (χ4v) is 3.13. The van der Waals surface area contributed by atoms with E-state index in [2.05, 4.69) is 10.2 Å². The van der Waals surface area contributed by atoms with Gasteiger partial charge >= 0.3 is 0 Å². The molecular weight excluding hydrogens is 312 g/mol. The number of carbonyl (C=O) groups is 1. The van der Waals surface area contributed by atoms with Crippen LogP contribution in [0.3, 0.4) is 0 Å². The quantitative estimate of drug-likeness (QED) is 0.913. The van der Waals surface area contributed by atoms with Gasteiger partial charge in [-0.3, -0.25) is 4.79 Å². The molecule has 1 heterocycles. The van der Waals surface area contributed by atoms with Crippen LogP contribution in [0.15, 0.2) is 42.5 Å². The first-order chi connectivity index (χ1) is 11.2. The topological polar surface area (TPSA) is 41.6 Å². The van der Waals surface area contributed by atoms with Crippen molar-refractivity contribution in [3.05, 3.63) is 53.1 Å². The molecule has 0 bridgehead atoms. The Hall–Kier alpha value is -2.20. The highest BCUT2D eigenvalue weighted by Gasteiger charge is 2.20. The van der Waals surface area contributed by atoms with Crippen molar-refractivity contribution in [2.45, 2.75) is 12.8 Å². The van der Waals surface area contributed by atoms with Gasteiger partial charge in [-0.15, -0.1) is 0 Å². The van der Waals surface area contributed by atoms with Crippen LogP contribution < -0.4 is 15.0 Å². The van der Waals surface area contributed by atoms with E-state index >= 15 is 0 Å². The fraction of sp³-hybridized carbons (Fsp3) is 0.278. The van der Waals surface area contributed by atoms with Gasteiger partial charge < -0.3 is 15.0 Å². The van der Waals surface area contributed by atoms with Crippen molar-refractivity contribution in [3.63, 3.8) is 0 Å². The number of ether oxygens (including phenoxy) is 1. The van der Waals surface area contributed by atoms with Crippen LogP contribution in [-0.4, -0.2) is 26.1 Å². The summed E-state index contributed by atoms with van der Waals surface area (Å²) in [4.78, 5) is 14.8. The molecule has 1 aliphatic rings. The molecule has 2 aromatic rings. The van der Waals surface area contributed by atoms with Gasteiger partial charge in [-0.25, -0.2) is 0 Å². The normalized spacial score (nSPS) is 13.9. The number of hydrogen-bond donors (Lipinski definition) is 1. The zero-order chi connectivity index (χ0) is 16.2. The minimum absolute atomic E-state index is 0.174. The maximum Gasteiger partial charge on any atom is 0.255 e. The van der Waals surface area contributed by atoms with Crippen LogP contribution in [0.4, 0.5) is 11.4 Å². The number of methoxy groups -OCH3 is 1. The summed E-state index contributed by atoms with van der Waals surface area (Å²) in [5, 5.41) is 3.64. The fourth-order valence-electron chi connectivity index (χ4n) is 2.84. The molecule has 1 aliphatic heterocycles. The van der Waals surface area contributed by atoms with E-state index in [-0.39, 0.29) is 5.91 Å². The van der Waals surface area contributed by atoms with Crippen LogP contribution >= 0.6 is 11.6 Å². The van der Waals surface area contributed by atoms with E-state index in [4.69, 9.17) is 16.3 Å². The highest BCUT2D eigenvalue weighted by molar-refractivity contribution is 6.34. The SMILES string of the molecule is COc1cccc(C(=O)Nc2cccc(Cl)c2N2CCCC2)c1. The van der Waals surface area contributed by atoms with Gasteiger partial charge in [0.1, 0.15) is 5.75 Å². The molecule has 0 radical (unpaired) electrons. The molecule has 5 heteroatoms. The minimum atomic E-state index is -0.174. The van der Waals surface area contributed by atoms with Crippen molar-refractivity contribution in [2.24, 2.45) is 0 Å². The summed E-state index contributed by atoms with van der Waals surface area (Å²) in [6.45, 7) is 1.93. The van der Waals surface area contributed by atoms with E-state index in [9.17, 15) is 4.79 Å². The zero-order valence-corrected chi connectivity index (χ0v) is 13.8. The van der Waals surface area contributed by atoms with Crippen LogP contribution in [0.5, 0.6) is 5.75 Å². The second-order valence-electron chi connectivity index (χ2n) is 5.52. The second kappa shape index (κ2) is 6.92. The Kier molecular flexibility index (Phi) is 4.72. The minimum Gasteiger partial charge on any atom is -0.497 e. The summed E-state index contributed by atoms with van der Waals surface area (Å²) in [5.41, 5.74) is 2.20. The average molecular weight is 331 g/mol. The van der Waals surface area contributed by atoms with Crippen molar-refractivity contribution >= 4 is 28.9 Å². The molecule has 23 heavy (non-hydrogen) atoms. The maximum absolute atomic E-state index is 12.5. The third-order valence-corrected chi connectivity index (χ3v) is 4.29. The number of carbonyl (C=O) groups excluding carboxylic acids is 1. The predicted octanol–water partition coefficient (Wildman–Crippen LogP) is 4.20. The van der Waals surface area contributed by atoms with Crippen molar-refractivity contribution < 1.29 is 9.53 Å². The van der Waals surface area contributed by atoms with E-state index < -0.39 is 0 Å². The number of hydrogen-bond acceptors (Lipinski definition) is 3. The first-order valence-corrected chi connectivity index (χ1v) is 8.05. The van der Waals surface area contributed by atoms with E-state index in [1.165, 1.54) is 0 Å². The summed E-state index contributed by atoms with van der Waals surface area (Å²) in [6, 6.07) is 12.7. The largest absolute Gasteiger partial charge is 0.497 e. The lowest BCUT2D eigenvalue weighted by Gasteiger charge is -2.23. The smallest absolute Gasteiger partial charge is 0.255 e. The molecule has 1 fully saturated rings. The van der Waals surface area contributed by atoms with Crippen LogP contribution in [0.2, 0.25) is 5.02 Å². The maximum atomic E-state index is 12.5. The first-order valence-electron chi connectivity index (χ1n) is 7.68. The number of rotatable bonds is 4. The van der Waals surface area contributed by atoms with Gasteiger partial charge in [-0.1, -0.05) is 23.7 Å². The number of anilines is 2. The molecule has 0 unspecified atom stereocenters. The van der Waals surface area contributed by atoms with Crippen molar-refractivity contribution in [3.8, 4) is 5.75 Å². The van der Waals surface area contributed by atoms with Crippen LogP contribution in [-0.2, 0) is 0 Å². The Balaban J connectivity index is 1.87. The van der Waals surface area contributed by atoms with Gasteiger partial charge in [0.2, 0.25) is 0 Å². The molecule has 0 aromatic heterocycles. The molecule has 1 saturated heterocycles. The Bertz CT molecular complexity index is 712. The van der Waals surface area contributed by atoms with Gasteiger partial charge in [-0.2, -0.15) is 0 Å². The molecule has 2 aromatic carbocycles. The summed E-state index contributed by atoms with van der Waals surface area (Å²) in [6.07, 6.45) is 2.29. The number of benzene rings is 2. The lowest BCUT2D eigenvalue weighted by molar-refractivity contribution is 0.102. The van der Waals surface area contributed by atoms with Crippen molar-refractivity contribution in [2.75, 3.05) is 30.4 Å². The second-order valence-corrected chi connectivity index (χ2v) is 5.92. The molecule has 0 aliphatic carbocycles. The van der Waals surface area contributed by atoms with E-state index in [0.29, 0.717) is 16.3 Å². The summed E-state index contributed by atoms with van der Waals surface area (Å²) in [5.74, 6) is 0.482. The number of nitrogens with zero attached hydrogens (tertiary/aromatic N) is 1. The molecule has 0 atom stereocenters. The molecule has 0 spiro atoms. The number of halogens is 1. The average Bonchev–Trinajstić information content (AvgIpc) is 3.09. The lowest BCUT2D eigenvalue weighted by atomic mass is 10.2. The lowest BCUT2D eigenvalue weighted by Crippen LogP contribution is -2.21. The molecule has 1 amide bonds. The van der Waals surface area contributed by atoms with Crippen LogP contribution in [0, 0.1) is 0 Å². The third-order valence-electron chi connectivity index (χ3n) is 3.99. The van der Waals surface area contributed by atoms with Crippen LogP contribution in [0.1, 0.15) is 23.2 Å². The van der Waals surface area contributed by atoms with Gasteiger partial charge in [0.15, 0.2) is 0 Å². The Morgan fingerprint density at radius 2 is 1.91 bits per heavy atom. The van der Waals surface area contributed by atoms with E-state index in [0.717, 1.165) is 37.3 Å². The number of para-hydroxylation sites is 1. The van der Waals surface area contributed by atoms with Gasteiger partial charge in [-0.05, 0) is 43.2 Å². The van der Waals surface area contributed by atoms with Crippen molar-refractivity contribution in [1.29, 1.82) is 0 Å². The monoisotopic (exact) mass is 330 g/mol.